The number of hydrogen-bond donors (Lipinski definition) is 0. The van der Waals surface area contributed by atoms with Gasteiger partial charge in [-0.2, -0.15) is 5.26 Å². The van der Waals surface area contributed by atoms with Gasteiger partial charge in [-0.05, 0) is 31.0 Å². The van der Waals surface area contributed by atoms with Crippen molar-refractivity contribution in [3.05, 3.63) is 41.5 Å². The van der Waals surface area contributed by atoms with Crippen LogP contribution >= 0.6 is 0 Å². The van der Waals surface area contributed by atoms with Crippen LogP contribution in [0.4, 0.5) is 0 Å². The molecule has 24 heavy (non-hydrogen) atoms. The van der Waals surface area contributed by atoms with Crippen molar-refractivity contribution in [1.82, 2.24) is 9.55 Å². The van der Waals surface area contributed by atoms with Gasteiger partial charge in [0, 0.05) is 17.7 Å². The van der Waals surface area contributed by atoms with E-state index < -0.39 is 0 Å². The Labute approximate surface area is 140 Å². The standard InChI is InChI=1S/C19H17N3O2/c1-12-3-4-14(9-13(12)2)19-21-15-10-17-18(24-8-7-23-17)11-16(15)22(19)6-5-20/h3-4,9-11H,6-8H2,1-2H3. The number of aromatic nitrogens is 2. The van der Waals surface area contributed by atoms with Gasteiger partial charge in [-0.1, -0.05) is 12.1 Å². The first-order valence-corrected chi connectivity index (χ1v) is 7.92. The quantitative estimate of drug-likeness (QED) is 0.724. The van der Waals surface area contributed by atoms with E-state index in [1.807, 2.05) is 22.8 Å². The fourth-order valence-electron chi connectivity index (χ4n) is 2.99. The lowest BCUT2D eigenvalue weighted by Gasteiger charge is -2.18. The summed E-state index contributed by atoms with van der Waals surface area (Å²) in [5.74, 6) is 2.21. The zero-order chi connectivity index (χ0) is 16.7. The molecule has 5 heteroatoms. The molecule has 4 rings (SSSR count). The van der Waals surface area contributed by atoms with Crippen molar-refractivity contribution in [1.29, 1.82) is 5.26 Å². The average Bonchev–Trinajstić information content (AvgIpc) is 2.93. The molecule has 5 nitrogen and oxygen atoms in total. The first kappa shape index (κ1) is 14.6. The molecule has 3 aromatic rings. The maximum absolute atomic E-state index is 9.25. The zero-order valence-corrected chi connectivity index (χ0v) is 13.7. The van der Waals surface area contributed by atoms with E-state index in [1.54, 1.807) is 0 Å². The molecule has 1 aromatic heterocycles. The Morgan fingerprint density at radius 2 is 1.83 bits per heavy atom. The largest absolute Gasteiger partial charge is 0.486 e. The molecule has 0 aliphatic carbocycles. The van der Waals surface area contributed by atoms with E-state index in [0.29, 0.717) is 24.7 Å². The van der Waals surface area contributed by atoms with Gasteiger partial charge in [0.1, 0.15) is 25.6 Å². The summed E-state index contributed by atoms with van der Waals surface area (Å²) in [7, 11) is 0. The van der Waals surface area contributed by atoms with Crippen LogP contribution in [0.15, 0.2) is 30.3 Å². The van der Waals surface area contributed by atoms with Crippen molar-refractivity contribution in [2.24, 2.45) is 0 Å². The van der Waals surface area contributed by atoms with E-state index in [9.17, 15) is 5.26 Å². The lowest BCUT2D eigenvalue weighted by Crippen LogP contribution is -2.15. The van der Waals surface area contributed by atoms with E-state index in [0.717, 1.165) is 22.4 Å². The molecule has 0 spiro atoms. The molecular weight excluding hydrogens is 302 g/mol. The lowest BCUT2D eigenvalue weighted by molar-refractivity contribution is 0.172. The first-order chi connectivity index (χ1) is 11.7. The normalized spacial score (nSPS) is 13.0. The minimum atomic E-state index is 0.235. The minimum absolute atomic E-state index is 0.235. The summed E-state index contributed by atoms with van der Waals surface area (Å²) < 4.78 is 13.2. The first-order valence-electron chi connectivity index (χ1n) is 7.92. The molecule has 2 aromatic carbocycles. The van der Waals surface area contributed by atoms with Gasteiger partial charge < -0.3 is 14.0 Å². The second-order valence-corrected chi connectivity index (χ2v) is 5.96. The minimum Gasteiger partial charge on any atom is -0.486 e. The van der Waals surface area contributed by atoms with Crippen molar-refractivity contribution in [2.45, 2.75) is 20.4 Å². The number of fused-ring (bicyclic) bond motifs is 2. The Balaban J connectivity index is 1.95. The summed E-state index contributed by atoms with van der Waals surface area (Å²) >= 11 is 0. The molecule has 2 heterocycles. The van der Waals surface area contributed by atoms with Crippen LogP contribution < -0.4 is 9.47 Å². The predicted molar refractivity (Wildman–Crippen MR) is 91.2 cm³/mol. The van der Waals surface area contributed by atoms with Gasteiger partial charge in [0.05, 0.1) is 17.1 Å². The van der Waals surface area contributed by atoms with Crippen LogP contribution in [-0.4, -0.2) is 22.8 Å². The molecule has 0 amide bonds. The highest BCUT2D eigenvalue weighted by molar-refractivity contribution is 5.84. The molecule has 0 N–H and O–H groups in total. The van der Waals surface area contributed by atoms with Crippen LogP contribution in [0.25, 0.3) is 22.4 Å². The number of nitrogens with zero attached hydrogens (tertiary/aromatic N) is 3. The molecule has 0 unspecified atom stereocenters. The Morgan fingerprint density at radius 3 is 2.54 bits per heavy atom. The number of benzene rings is 2. The van der Waals surface area contributed by atoms with Crippen molar-refractivity contribution >= 4 is 11.0 Å². The van der Waals surface area contributed by atoms with Crippen molar-refractivity contribution in [2.75, 3.05) is 13.2 Å². The summed E-state index contributed by atoms with van der Waals surface area (Å²) in [6, 6.07) is 12.3. The molecule has 1 aliphatic heterocycles. The second kappa shape index (κ2) is 5.57. The van der Waals surface area contributed by atoms with Gasteiger partial charge in [-0.15, -0.1) is 0 Å². The Hall–Kier alpha value is -3.00. The van der Waals surface area contributed by atoms with Crippen LogP contribution in [0.2, 0.25) is 0 Å². The fourth-order valence-corrected chi connectivity index (χ4v) is 2.99. The maximum atomic E-state index is 9.25. The third kappa shape index (κ3) is 2.28. The van der Waals surface area contributed by atoms with E-state index in [-0.39, 0.29) is 6.54 Å². The Kier molecular flexibility index (Phi) is 3.39. The number of rotatable bonds is 2. The van der Waals surface area contributed by atoms with Crippen LogP contribution in [-0.2, 0) is 6.54 Å². The Bertz CT molecular complexity index is 982. The van der Waals surface area contributed by atoms with E-state index in [1.165, 1.54) is 11.1 Å². The summed E-state index contributed by atoms with van der Waals surface area (Å²) in [6.45, 7) is 5.48. The molecule has 0 saturated carbocycles. The number of nitriles is 1. The van der Waals surface area contributed by atoms with Gasteiger partial charge >= 0.3 is 0 Å². The van der Waals surface area contributed by atoms with Crippen molar-refractivity contribution < 1.29 is 9.47 Å². The smallest absolute Gasteiger partial charge is 0.163 e. The summed E-state index contributed by atoms with van der Waals surface area (Å²) in [4.78, 5) is 4.76. The van der Waals surface area contributed by atoms with E-state index in [2.05, 4.69) is 32.0 Å². The second-order valence-electron chi connectivity index (χ2n) is 5.96. The molecular formula is C19H17N3O2. The van der Waals surface area contributed by atoms with Crippen molar-refractivity contribution in [3.63, 3.8) is 0 Å². The number of ether oxygens (including phenoxy) is 2. The maximum Gasteiger partial charge on any atom is 0.163 e. The number of aryl methyl sites for hydroxylation is 2. The van der Waals surface area contributed by atoms with Gasteiger partial charge in [0.25, 0.3) is 0 Å². The van der Waals surface area contributed by atoms with Crippen LogP contribution in [0.3, 0.4) is 0 Å². The topological polar surface area (TPSA) is 60.1 Å². The summed E-state index contributed by atoms with van der Waals surface area (Å²) in [5, 5.41) is 9.25. The van der Waals surface area contributed by atoms with E-state index >= 15 is 0 Å². The SMILES string of the molecule is Cc1ccc(-c2nc3cc4c(cc3n2CC#N)OCCO4)cc1C. The van der Waals surface area contributed by atoms with Gasteiger partial charge in [-0.3, -0.25) is 0 Å². The van der Waals surface area contributed by atoms with Gasteiger partial charge in [0.15, 0.2) is 11.5 Å². The molecule has 0 bridgehead atoms. The highest BCUT2D eigenvalue weighted by Crippen LogP contribution is 2.36. The predicted octanol–water partition coefficient (Wildman–Crippen LogP) is 3.61. The monoisotopic (exact) mass is 319 g/mol. The molecule has 0 saturated heterocycles. The molecule has 1 aliphatic rings. The van der Waals surface area contributed by atoms with Gasteiger partial charge in [-0.25, -0.2) is 4.98 Å². The molecule has 0 fully saturated rings. The highest BCUT2D eigenvalue weighted by Gasteiger charge is 2.19. The van der Waals surface area contributed by atoms with Crippen LogP contribution in [0.1, 0.15) is 11.1 Å². The molecule has 120 valence electrons. The fraction of sp³-hybridized carbons (Fsp3) is 0.263. The number of imidazole rings is 1. The number of hydrogen-bond acceptors (Lipinski definition) is 4. The summed E-state index contributed by atoms with van der Waals surface area (Å²) in [5.41, 5.74) is 5.13. The third-order valence-electron chi connectivity index (χ3n) is 4.41. The third-order valence-corrected chi connectivity index (χ3v) is 4.41. The lowest BCUT2D eigenvalue weighted by atomic mass is 10.1. The highest BCUT2D eigenvalue weighted by atomic mass is 16.6. The Morgan fingerprint density at radius 1 is 1.08 bits per heavy atom. The van der Waals surface area contributed by atoms with Crippen molar-refractivity contribution in [3.8, 4) is 29.0 Å². The molecule has 0 radical (unpaired) electrons. The van der Waals surface area contributed by atoms with E-state index in [4.69, 9.17) is 14.5 Å². The van der Waals surface area contributed by atoms with Crippen LogP contribution in [0.5, 0.6) is 11.5 Å². The van der Waals surface area contributed by atoms with Crippen LogP contribution in [0, 0.1) is 25.2 Å². The summed E-state index contributed by atoms with van der Waals surface area (Å²) in [6.07, 6.45) is 0. The van der Waals surface area contributed by atoms with Gasteiger partial charge in [0.2, 0.25) is 0 Å². The average molecular weight is 319 g/mol. The molecule has 0 atom stereocenters. The zero-order valence-electron chi connectivity index (χ0n) is 13.7.